The highest BCUT2D eigenvalue weighted by molar-refractivity contribution is 5.94. The molecule has 1 fully saturated rings. The highest BCUT2D eigenvalue weighted by Crippen LogP contribution is 2.17. The minimum atomic E-state index is -0.591. The van der Waals surface area contributed by atoms with E-state index in [1.165, 1.54) is 28.9 Å². The van der Waals surface area contributed by atoms with Gasteiger partial charge in [0.15, 0.2) is 0 Å². The van der Waals surface area contributed by atoms with Crippen molar-refractivity contribution in [2.75, 3.05) is 13.1 Å². The molecule has 1 saturated heterocycles. The molecule has 0 N–H and O–H groups in total. The second-order valence-electron chi connectivity index (χ2n) is 6.53. The van der Waals surface area contributed by atoms with Crippen molar-refractivity contribution in [3.05, 3.63) is 76.0 Å². The van der Waals surface area contributed by atoms with Gasteiger partial charge >= 0.3 is 5.76 Å². The van der Waals surface area contributed by atoms with E-state index in [2.05, 4.69) is 5.10 Å². The second kappa shape index (κ2) is 7.19. The van der Waals surface area contributed by atoms with E-state index in [-0.39, 0.29) is 24.2 Å². The van der Waals surface area contributed by atoms with Gasteiger partial charge in [-0.3, -0.25) is 4.79 Å². The molecule has 1 aromatic heterocycles. The average molecular weight is 367 g/mol. The number of aromatic nitrogens is 2. The predicted molar refractivity (Wildman–Crippen MR) is 96.8 cm³/mol. The van der Waals surface area contributed by atoms with Crippen LogP contribution in [0.25, 0.3) is 11.5 Å². The molecule has 1 aliphatic rings. The summed E-state index contributed by atoms with van der Waals surface area (Å²) in [5, 5.41) is 4.17. The van der Waals surface area contributed by atoms with E-state index in [9.17, 15) is 14.0 Å². The highest BCUT2D eigenvalue weighted by atomic mass is 19.1. The third-order valence-electron chi connectivity index (χ3n) is 4.62. The normalized spacial score (nSPS) is 13.9. The van der Waals surface area contributed by atoms with Crippen LogP contribution in [0.4, 0.5) is 4.39 Å². The van der Waals surface area contributed by atoms with Gasteiger partial charge in [0.2, 0.25) is 5.89 Å². The number of hydrogen-bond donors (Lipinski definition) is 0. The zero-order chi connectivity index (χ0) is 18.8. The summed E-state index contributed by atoms with van der Waals surface area (Å²) in [6, 6.07) is 12.7. The SMILES string of the molecule is O=C(c1ccc(Cn2nc(-c3ccc(F)cc3)oc2=O)cc1)N1CCCC1. The van der Waals surface area contributed by atoms with Crippen LogP contribution in [0.15, 0.2) is 57.7 Å². The lowest BCUT2D eigenvalue weighted by Crippen LogP contribution is -2.27. The van der Waals surface area contributed by atoms with Crippen molar-refractivity contribution in [1.82, 2.24) is 14.7 Å². The van der Waals surface area contributed by atoms with E-state index in [0.29, 0.717) is 11.1 Å². The van der Waals surface area contributed by atoms with E-state index < -0.39 is 5.76 Å². The van der Waals surface area contributed by atoms with E-state index in [0.717, 1.165) is 31.5 Å². The van der Waals surface area contributed by atoms with Gasteiger partial charge in [-0.05, 0) is 54.8 Å². The molecule has 0 spiro atoms. The predicted octanol–water partition coefficient (Wildman–Crippen LogP) is 2.93. The Kier molecular flexibility index (Phi) is 4.58. The van der Waals surface area contributed by atoms with Gasteiger partial charge in [0.25, 0.3) is 5.91 Å². The van der Waals surface area contributed by atoms with Gasteiger partial charge in [-0.2, -0.15) is 4.68 Å². The number of amides is 1. The third-order valence-corrected chi connectivity index (χ3v) is 4.62. The van der Waals surface area contributed by atoms with Crippen LogP contribution in [0.5, 0.6) is 0 Å². The number of carbonyl (C=O) groups is 1. The molecule has 7 heteroatoms. The molecule has 138 valence electrons. The molecule has 6 nitrogen and oxygen atoms in total. The first-order valence-corrected chi connectivity index (χ1v) is 8.82. The van der Waals surface area contributed by atoms with Gasteiger partial charge in [0.1, 0.15) is 5.82 Å². The minimum Gasteiger partial charge on any atom is -0.388 e. The number of nitrogens with zero attached hydrogens (tertiary/aromatic N) is 3. The Morgan fingerprint density at radius 3 is 2.37 bits per heavy atom. The van der Waals surface area contributed by atoms with Crippen molar-refractivity contribution in [3.8, 4) is 11.5 Å². The first-order chi connectivity index (χ1) is 13.1. The lowest BCUT2D eigenvalue weighted by Gasteiger charge is -2.15. The Bertz CT molecular complexity index is 1000. The lowest BCUT2D eigenvalue weighted by atomic mass is 10.1. The summed E-state index contributed by atoms with van der Waals surface area (Å²) in [7, 11) is 0. The number of likely N-dealkylation sites (tertiary alicyclic amines) is 1. The number of rotatable bonds is 4. The molecular weight excluding hydrogens is 349 g/mol. The molecule has 0 bridgehead atoms. The summed E-state index contributed by atoms with van der Waals surface area (Å²) in [5.41, 5.74) is 1.99. The van der Waals surface area contributed by atoms with E-state index in [4.69, 9.17) is 4.42 Å². The van der Waals surface area contributed by atoms with Crippen LogP contribution in [-0.2, 0) is 6.54 Å². The highest BCUT2D eigenvalue weighted by Gasteiger charge is 2.19. The molecule has 3 aromatic rings. The quantitative estimate of drug-likeness (QED) is 0.711. The Labute approximate surface area is 154 Å². The Balaban J connectivity index is 1.50. The average Bonchev–Trinajstić information content (AvgIpc) is 3.33. The smallest absolute Gasteiger partial charge is 0.388 e. The summed E-state index contributed by atoms with van der Waals surface area (Å²) < 4.78 is 19.4. The van der Waals surface area contributed by atoms with Crippen LogP contribution in [-0.4, -0.2) is 33.7 Å². The summed E-state index contributed by atoms with van der Waals surface area (Å²) >= 11 is 0. The lowest BCUT2D eigenvalue weighted by molar-refractivity contribution is 0.0793. The zero-order valence-electron chi connectivity index (χ0n) is 14.6. The summed E-state index contributed by atoms with van der Waals surface area (Å²) in [6.07, 6.45) is 2.10. The zero-order valence-corrected chi connectivity index (χ0v) is 14.6. The van der Waals surface area contributed by atoms with Crippen molar-refractivity contribution in [2.24, 2.45) is 0 Å². The van der Waals surface area contributed by atoms with Crippen molar-refractivity contribution < 1.29 is 13.6 Å². The summed E-state index contributed by atoms with van der Waals surface area (Å²) in [4.78, 5) is 26.3. The molecule has 0 aliphatic carbocycles. The van der Waals surface area contributed by atoms with Gasteiger partial charge < -0.3 is 9.32 Å². The molecule has 0 radical (unpaired) electrons. The molecular formula is C20H18FN3O3. The van der Waals surface area contributed by atoms with Crippen molar-refractivity contribution in [2.45, 2.75) is 19.4 Å². The first kappa shape index (κ1) is 17.2. The molecule has 0 unspecified atom stereocenters. The molecule has 0 saturated carbocycles. The van der Waals surface area contributed by atoms with Crippen LogP contribution in [0.1, 0.15) is 28.8 Å². The standard InChI is InChI=1S/C20H18FN3O3/c21-17-9-7-15(8-10-17)18-22-24(20(26)27-18)13-14-3-5-16(6-4-14)19(25)23-11-1-2-12-23/h3-10H,1-2,11-13H2. The Hall–Kier alpha value is -3.22. The van der Waals surface area contributed by atoms with Crippen molar-refractivity contribution in [3.63, 3.8) is 0 Å². The van der Waals surface area contributed by atoms with Gasteiger partial charge in [-0.1, -0.05) is 12.1 Å². The molecule has 1 aliphatic heterocycles. The fraction of sp³-hybridized carbons (Fsp3) is 0.250. The maximum absolute atomic E-state index is 13.0. The molecule has 27 heavy (non-hydrogen) atoms. The topological polar surface area (TPSA) is 68.3 Å². The van der Waals surface area contributed by atoms with E-state index >= 15 is 0 Å². The molecule has 1 amide bonds. The van der Waals surface area contributed by atoms with Gasteiger partial charge in [-0.15, -0.1) is 5.10 Å². The maximum Gasteiger partial charge on any atom is 0.437 e. The van der Waals surface area contributed by atoms with Crippen LogP contribution < -0.4 is 5.76 Å². The van der Waals surface area contributed by atoms with Crippen LogP contribution >= 0.6 is 0 Å². The molecule has 0 atom stereocenters. The van der Waals surface area contributed by atoms with E-state index in [1.807, 2.05) is 17.0 Å². The van der Waals surface area contributed by atoms with Crippen LogP contribution in [0.3, 0.4) is 0 Å². The fourth-order valence-corrected chi connectivity index (χ4v) is 3.14. The minimum absolute atomic E-state index is 0.0382. The monoisotopic (exact) mass is 367 g/mol. The number of halogens is 1. The van der Waals surface area contributed by atoms with Crippen molar-refractivity contribution >= 4 is 5.91 Å². The second-order valence-corrected chi connectivity index (χ2v) is 6.53. The first-order valence-electron chi connectivity index (χ1n) is 8.82. The molecule has 4 rings (SSSR count). The number of carbonyl (C=O) groups excluding carboxylic acids is 1. The summed E-state index contributed by atoms with van der Waals surface area (Å²) in [6.45, 7) is 1.84. The van der Waals surface area contributed by atoms with Crippen molar-refractivity contribution in [1.29, 1.82) is 0 Å². The van der Waals surface area contributed by atoms with Crippen LogP contribution in [0, 0.1) is 5.82 Å². The molecule has 2 aromatic carbocycles. The number of hydrogen-bond acceptors (Lipinski definition) is 4. The van der Waals surface area contributed by atoms with Gasteiger partial charge in [0, 0.05) is 24.2 Å². The van der Waals surface area contributed by atoms with E-state index in [1.54, 1.807) is 12.1 Å². The largest absolute Gasteiger partial charge is 0.437 e. The Morgan fingerprint density at radius 2 is 1.70 bits per heavy atom. The van der Waals surface area contributed by atoms with Gasteiger partial charge in [-0.25, -0.2) is 9.18 Å². The Morgan fingerprint density at radius 1 is 1.04 bits per heavy atom. The maximum atomic E-state index is 13.0. The fourth-order valence-electron chi connectivity index (χ4n) is 3.14. The summed E-state index contributed by atoms with van der Waals surface area (Å²) in [5.74, 6) is -0.785. The third kappa shape index (κ3) is 3.67. The van der Waals surface area contributed by atoms with Crippen LogP contribution in [0.2, 0.25) is 0 Å². The molecule has 2 heterocycles. The number of benzene rings is 2. The van der Waals surface area contributed by atoms with Gasteiger partial charge in [0.05, 0.1) is 6.54 Å².